The molecular formula is C28H34N2O8S. The first-order chi connectivity index (χ1) is 18.4. The highest BCUT2D eigenvalue weighted by molar-refractivity contribution is 7.99. The predicted octanol–water partition coefficient (Wildman–Crippen LogP) is 1.54. The number of Topliss-reactive ketones (excluding diaryl/α,β-unsaturated/α-hetero) is 2. The molecule has 1 amide bonds. The van der Waals surface area contributed by atoms with Gasteiger partial charge in [-0.2, -0.15) is 11.8 Å². The first kappa shape index (κ1) is 27.7. The molecule has 1 aromatic rings. The topological polar surface area (TPSA) is 182 Å². The van der Waals surface area contributed by atoms with Crippen LogP contribution in [0.1, 0.15) is 49.1 Å². The van der Waals surface area contributed by atoms with Gasteiger partial charge >= 0.3 is 0 Å². The Hall–Kier alpha value is -2.86. The third kappa shape index (κ3) is 4.01. The van der Waals surface area contributed by atoms with E-state index in [0.717, 1.165) is 25.7 Å². The molecule has 5 rings (SSSR count). The summed E-state index contributed by atoms with van der Waals surface area (Å²) in [6, 6.07) is 3.35. The number of primary amides is 1. The Kier molecular flexibility index (Phi) is 7.07. The molecule has 2 saturated carbocycles. The number of amides is 1. The van der Waals surface area contributed by atoms with Gasteiger partial charge in [-0.05, 0) is 38.6 Å². The number of carbonyl (C=O) groups is 3. The molecule has 0 aromatic heterocycles. The van der Waals surface area contributed by atoms with Crippen LogP contribution >= 0.6 is 11.8 Å². The minimum absolute atomic E-state index is 0.0234. The standard InChI is InChI=1S/C28H34N2O8S/c1-30(2)21-20-23(33)17-14(11-39-12-7-4-3-5-8-12)13-9-6-10-15(31)16(13)22(32)18(17)25(35)28(20,38)26(36)19(24(21)34)27(29)37/h6,9-10,12,14,17,20-21,23,31-33,36,38H,3-5,7-8,11H2,1-2H3,(H2,29,37)/t14-,17?,20?,21-,23-,28-/m0/s1. The molecule has 11 heteroatoms. The van der Waals surface area contributed by atoms with Crippen LogP contribution in [0, 0.1) is 11.8 Å². The van der Waals surface area contributed by atoms with Gasteiger partial charge in [0, 0.05) is 28.4 Å². The highest BCUT2D eigenvalue weighted by Gasteiger charge is 2.68. The van der Waals surface area contributed by atoms with E-state index in [4.69, 9.17) is 5.73 Å². The zero-order valence-corrected chi connectivity index (χ0v) is 22.6. The maximum absolute atomic E-state index is 14.2. The van der Waals surface area contributed by atoms with Gasteiger partial charge in [-0.1, -0.05) is 31.4 Å². The van der Waals surface area contributed by atoms with Crippen LogP contribution in [0.5, 0.6) is 5.75 Å². The first-order valence-corrected chi connectivity index (χ1v) is 14.2. The minimum Gasteiger partial charge on any atom is -0.508 e. The summed E-state index contributed by atoms with van der Waals surface area (Å²) in [5.41, 5.74) is 1.75. The van der Waals surface area contributed by atoms with E-state index in [1.165, 1.54) is 31.5 Å². The van der Waals surface area contributed by atoms with Crippen molar-refractivity contribution in [3.63, 3.8) is 0 Å². The van der Waals surface area contributed by atoms with E-state index in [2.05, 4.69) is 0 Å². The Morgan fingerprint density at radius 1 is 1.13 bits per heavy atom. The number of aromatic hydroxyl groups is 1. The molecule has 2 fully saturated rings. The lowest BCUT2D eigenvalue weighted by Gasteiger charge is -2.54. The van der Waals surface area contributed by atoms with Gasteiger partial charge < -0.3 is 31.3 Å². The molecular weight excluding hydrogens is 524 g/mol. The van der Waals surface area contributed by atoms with E-state index in [1.807, 2.05) is 0 Å². The Morgan fingerprint density at radius 2 is 1.79 bits per heavy atom. The molecule has 4 aliphatic carbocycles. The molecule has 10 nitrogen and oxygen atoms in total. The summed E-state index contributed by atoms with van der Waals surface area (Å²) in [7, 11) is 2.99. The van der Waals surface area contributed by atoms with Crippen molar-refractivity contribution in [3.8, 4) is 5.75 Å². The van der Waals surface area contributed by atoms with E-state index in [9.17, 15) is 39.9 Å². The normalized spacial score (nSPS) is 33.2. The highest BCUT2D eigenvalue weighted by Crippen LogP contribution is 2.57. The summed E-state index contributed by atoms with van der Waals surface area (Å²) in [5, 5.41) is 57.2. The molecule has 2 unspecified atom stereocenters. The maximum Gasteiger partial charge on any atom is 0.255 e. The molecule has 0 aliphatic heterocycles. The van der Waals surface area contributed by atoms with Gasteiger partial charge in [-0.25, -0.2) is 0 Å². The maximum atomic E-state index is 14.2. The second-order valence-corrected chi connectivity index (χ2v) is 12.5. The zero-order chi connectivity index (χ0) is 28.4. The molecule has 39 heavy (non-hydrogen) atoms. The largest absolute Gasteiger partial charge is 0.508 e. The van der Waals surface area contributed by atoms with Crippen molar-refractivity contribution in [3.05, 3.63) is 46.2 Å². The smallest absolute Gasteiger partial charge is 0.255 e. The zero-order valence-electron chi connectivity index (χ0n) is 21.8. The first-order valence-electron chi connectivity index (χ1n) is 13.2. The van der Waals surface area contributed by atoms with Crippen LogP contribution in [-0.4, -0.2) is 90.8 Å². The molecule has 4 aliphatic rings. The van der Waals surface area contributed by atoms with Crippen molar-refractivity contribution in [2.45, 2.75) is 61.0 Å². The number of nitrogens with zero attached hydrogens (tertiary/aromatic N) is 1. The predicted molar refractivity (Wildman–Crippen MR) is 144 cm³/mol. The summed E-state index contributed by atoms with van der Waals surface area (Å²) in [6.07, 6.45) is 3.90. The fraction of sp³-hybridized carbons (Fsp3) is 0.536. The van der Waals surface area contributed by atoms with Gasteiger partial charge in [-0.15, -0.1) is 0 Å². The number of aliphatic hydroxyl groups excluding tert-OH is 3. The van der Waals surface area contributed by atoms with E-state index < -0.39 is 70.1 Å². The van der Waals surface area contributed by atoms with Gasteiger partial charge in [0.25, 0.3) is 5.91 Å². The summed E-state index contributed by atoms with van der Waals surface area (Å²) in [4.78, 5) is 41.1. The van der Waals surface area contributed by atoms with Crippen molar-refractivity contribution >= 4 is 35.0 Å². The van der Waals surface area contributed by atoms with Crippen LogP contribution in [0.15, 0.2) is 35.1 Å². The lowest BCUT2D eigenvalue weighted by molar-refractivity contribution is -0.169. The van der Waals surface area contributed by atoms with E-state index in [1.54, 1.807) is 23.9 Å². The van der Waals surface area contributed by atoms with Gasteiger partial charge in [0.2, 0.25) is 5.78 Å². The van der Waals surface area contributed by atoms with Crippen LogP contribution in [0.2, 0.25) is 0 Å². The lowest BCUT2D eigenvalue weighted by atomic mass is 9.54. The van der Waals surface area contributed by atoms with Crippen molar-refractivity contribution < 1.29 is 39.9 Å². The average molecular weight is 559 g/mol. The summed E-state index contributed by atoms with van der Waals surface area (Å²) in [6.45, 7) is 0. The number of benzene rings is 1. The number of phenolic OH excluding ortho intramolecular Hbond substituents is 1. The van der Waals surface area contributed by atoms with E-state index in [-0.39, 0.29) is 16.9 Å². The molecule has 0 radical (unpaired) electrons. The van der Waals surface area contributed by atoms with Crippen LogP contribution in [0.4, 0.5) is 0 Å². The van der Waals surface area contributed by atoms with Crippen LogP contribution in [0.25, 0.3) is 5.76 Å². The third-order valence-electron chi connectivity index (χ3n) is 8.86. The van der Waals surface area contributed by atoms with E-state index >= 15 is 0 Å². The average Bonchev–Trinajstić information content (AvgIpc) is 2.88. The summed E-state index contributed by atoms with van der Waals surface area (Å²) < 4.78 is 0. The molecule has 0 heterocycles. The number of hydrogen-bond donors (Lipinski definition) is 6. The van der Waals surface area contributed by atoms with Crippen molar-refractivity contribution in [1.29, 1.82) is 0 Å². The molecule has 0 bridgehead atoms. The number of rotatable bonds is 5. The SMILES string of the molecule is CN(C)[C@@H]1C(=O)C(C(N)=O)=C(O)[C@@]2(O)C(=O)C3=C(O)c4c(O)cccc4[C@H](CSC4CCCCC4)C3[C@H](O)C12. The molecule has 210 valence electrons. The number of phenols is 1. The van der Waals surface area contributed by atoms with Crippen LogP contribution < -0.4 is 5.73 Å². The number of likely N-dealkylation sites (N-methyl/N-ethyl adjacent to an activating group) is 1. The van der Waals surface area contributed by atoms with Gasteiger partial charge in [0.05, 0.1) is 23.6 Å². The van der Waals surface area contributed by atoms with Crippen molar-refractivity contribution in [1.82, 2.24) is 4.90 Å². The molecule has 6 atom stereocenters. The number of nitrogens with two attached hydrogens (primary N) is 1. The molecule has 0 saturated heterocycles. The van der Waals surface area contributed by atoms with Gasteiger partial charge in [-0.3, -0.25) is 19.3 Å². The quantitative estimate of drug-likeness (QED) is 0.290. The van der Waals surface area contributed by atoms with Crippen LogP contribution in [0.3, 0.4) is 0 Å². The number of aliphatic hydroxyl groups is 4. The fourth-order valence-electron chi connectivity index (χ4n) is 7.06. The lowest BCUT2D eigenvalue weighted by Crippen LogP contribution is -2.70. The van der Waals surface area contributed by atoms with E-state index in [0.29, 0.717) is 16.6 Å². The molecule has 0 spiro atoms. The Morgan fingerprint density at radius 3 is 2.41 bits per heavy atom. The molecule has 7 N–H and O–H groups in total. The monoisotopic (exact) mass is 558 g/mol. The summed E-state index contributed by atoms with van der Waals surface area (Å²) >= 11 is 1.71. The second-order valence-electron chi connectivity index (χ2n) is 11.2. The van der Waals surface area contributed by atoms with Crippen LogP contribution in [-0.2, 0) is 14.4 Å². The number of ketones is 2. The van der Waals surface area contributed by atoms with Crippen molar-refractivity contribution in [2.24, 2.45) is 17.6 Å². The third-order valence-corrected chi connectivity index (χ3v) is 10.4. The highest BCUT2D eigenvalue weighted by atomic mass is 32.2. The summed E-state index contributed by atoms with van der Waals surface area (Å²) in [5.74, 6) is -8.22. The van der Waals surface area contributed by atoms with Gasteiger partial charge in [0.15, 0.2) is 11.4 Å². The fourth-order valence-corrected chi connectivity index (χ4v) is 8.60. The minimum atomic E-state index is -2.91. The van der Waals surface area contributed by atoms with Crippen molar-refractivity contribution in [2.75, 3.05) is 19.8 Å². The number of thioether (sulfide) groups is 1. The Labute approximate surface area is 230 Å². The second kappa shape index (κ2) is 9.96. The Bertz CT molecular complexity index is 1300. The van der Waals surface area contributed by atoms with Gasteiger partial charge in [0.1, 0.15) is 22.8 Å². The number of carbonyl (C=O) groups excluding carboxylic acids is 3. The number of fused-ring (bicyclic) bond motifs is 3. The number of hydrogen-bond acceptors (Lipinski definition) is 10. The molecule has 1 aromatic carbocycles. The Balaban J connectivity index is 1.71.